The minimum atomic E-state index is -0.0633. The van der Waals surface area contributed by atoms with Crippen LogP contribution in [-0.4, -0.2) is 16.1 Å². The van der Waals surface area contributed by atoms with E-state index < -0.39 is 0 Å². The third kappa shape index (κ3) is 1.95. The number of nitrogens with zero attached hydrogens (tertiary/aromatic N) is 2. The largest absolute Gasteiger partial charge is 0.308 e. The first kappa shape index (κ1) is 10.4. The molecule has 1 aromatic rings. The van der Waals surface area contributed by atoms with Crippen molar-refractivity contribution in [2.75, 3.05) is 6.54 Å². The number of rotatable bonds is 0. The molecule has 0 fully saturated rings. The van der Waals surface area contributed by atoms with Gasteiger partial charge in [-0.15, -0.1) is 0 Å². The molecule has 1 aliphatic heterocycles. The molecular weight excluding hydrogens is 190 g/mol. The van der Waals surface area contributed by atoms with E-state index in [1.807, 2.05) is 0 Å². The van der Waals surface area contributed by atoms with Gasteiger partial charge in [-0.2, -0.15) is 0 Å². The van der Waals surface area contributed by atoms with Crippen molar-refractivity contribution in [1.29, 1.82) is 0 Å². The highest BCUT2D eigenvalue weighted by Gasteiger charge is 2.20. The van der Waals surface area contributed by atoms with Crippen LogP contribution >= 0.6 is 0 Å². The van der Waals surface area contributed by atoms with Crippen molar-refractivity contribution in [3.8, 4) is 0 Å². The van der Waals surface area contributed by atoms with E-state index in [4.69, 9.17) is 0 Å². The van der Waals surface area contributed by atoms with E-state index in [0.29, 0.717) is 6.54 Å². The summed E-state index contributed by atoms with van der Waals surface area (Å²) in [4.78, 5) is 16.4. The van der Waals surface area contributed by atoms with Gasteiger partial charge in [0.25, 0.3) is 5.56 Å². The monoisotopic (exact) mass is 207 g/mol. The molecule has 82 valence electrons. The third-order valence-corrected chi connectivity index (χ3v) is 2.65. The van der Waals surface area contributed by atoms with Crippen LogP contribution < -0.4 is 10.9 Å². The second-order valence-electron chi connectivity index (χ2n) is 4.97. The molecule has 1 aliphatic rings. The molecule has 4 heteroatoms. The quantitative estimate of drug-likeness (QED) is 0.679. The fourth-order valence-electron chi connectivity index (χ4n) is 1.70. The zero-order chi connectivity index (χ0) is 11.1. The number of hydrogen-bond donors (Lipinski definition) is 1. The van der Waals surface area contributed by atoms with Crippen molar-refractivity contribution in [3.63, 3.8) is 0 Å². The molecule has 0 saturated carbocycles. The maximum atomic E-state index is 11.8. The second kappa shape index (κ2) is 3.45. The molecule has 4 nitrogen and oxygen atoms in total. The zero-order valence-corrected chi connectivity index (χ0v) is 9.50. The van der Waals surface area contributed by atoms with Crippen LogP contribution in [0.1, 0.15) is 32.3 Å². The standard InChI is InChI=1S/C11H17N3O/c1-11(2,3)8-6-10(15)14-5-4-12-7-9(14)13-8/h6,12H,4-5,7H2,1-3H3. The lowest BCUT2D eigenvalue weighted by Crippen LogP contribution is -2.38. The van der Waals surface area contributed by atoms with Gasteiger partial charge in [-0.1, -0.05) is 20.8 Å². The summed E-state index contributed by atoms with van der Waals surface area (Å²) in [5, 5.41) is 3.22. The molecule has 1 N–H and O–H groups in total. The highest BCUT2D eigenvalue weighted by atomic mass is 16.1. The molecule has 0 amide bonds. The molecule has 0 saturated heterocycles. The summed E-state index contributed by atoms with van der Waals surface area (Å²) in [6.45, 7) is 8.49. The van der Waals surface area contributed by atoms with Crippen molar-refractivity contribution >= 4 is 0 Å². The molecule has 0 radical (unpaired) electrons. The topological polar surface area (TPSA) is 46.9 Å². The van der Waals surface area contributed by atoms with Gasteiger partial charge in [0.15, 0.2) is 0 Å². The van der Waals surface area contributed by atoms with Crippen LogP contribution in [0.2, 0.25) is 0 Å². The number of aromatic nitrogens is 2. The number of hydrogen-bond acceptors (Lipinski definition) is 3. The van der Waals surface area contributed by atoms with Gasteiger partial charge >= 0.3 is 0 Å². The van der Waals surface area contributed by atoms with Crippen LogP contribution in [0, 0.1) is 0 Å². The van der Waals surface area contributed by atoms with E-state index in [2.05, 4.69) is 31.1 Å². The van der Waals surface area contributed by atoms with E-state index >= 15 is 0 Å². The fourth-order valence-corrected chi connectivity index (χ4v) is 1.70. The Hall–Kier alpha value is -1.16. The van der Waals surface area contributed by atoms with E-state index in [9.17, 15) is 4.79 Å². The first-order chi connectivity index (χ1) is 6.98. The second-order valence-corrected chi connectivity index (χ2v) is 4.97. The summed E-state index contributed by atoms with van der Waals surface area (Å²) in [6, 6.07) is 1.66. The molecule has 0 unspecified atom stereocenters. The Bertz CT molecular complexity index is 428. The van der Waals surface area contributed by atoms with E-state index in [1.165, 1.54) is 0 Å². The highest BCUT2D eigenvalue weighted by molar-refractivity contribution is 5.14. The lowest BCUT2D eigenvalue weighted by Gasteiger charge is -2.23. The van der Waals surface area contributed by atoms with Gasteiger partial charge in [0.2, 0.25) is 0 Å². The average molecular weight is 207 g/mol. The summed E-state index contributed by atoms with van der Waals surface area (Å²) >= 11 is 0. The minimum Gasteiger partial charge on any atom is -0.308 e. The Kier molecular flexibility index (Phi) is 2.38. The Balaban J connectivity index is 2.55. The van der Waals surface area contributed by atoms with Crippen molar-refractivity contribution in [1.82, 2.24) is 14.9 Å². The van der Waals surface area contributed by atoms with Crippen molar-refractivity contribution < 1.29 is 0 Å². The molecule has 15 heavy (non-hydrogen) atoms. The molecule has 0 atom stereocenters. The van der Waals surface area contributed by atoms with E-state index in [1.54, 1.807) is 10.6 Å². The molecule has 2 rings (SSSR count). The SMILES string of the molecule is CC(C)(C)c1cc(=O)n2c(n1)CNCC2. The van der Waals surface area contributed by atoms with Crippen LogP contribution in [0.15, 0.2) is 10.9 Å². The summed E-state index contributed by atoms with van der Waals surface area (Å²) in [5.74, 6) is 0.860. The predicted molar refractivity (Wildman–Crippen MR) is 58.9 cm³/mol. The summed E-state index contributed by atoms with van der Waals surface area (Å²) in [7, 11) is 0. The molecule has 0 aliphatic carbocycles. The van der Waals surface area contributed by atoms with Gasteiger partial charge in [-0.05, 0) is 0 Å². The Morgan fingerprint density at radius 3 is 2.87 bits per heavy atom. The zero-order valence-electron chi connectivity index (χ0n) is 9.50. The van der Waals surface area contributed by atoms with Crippen LogP contribution in [0.5, 0.6) is 0 Å². The van der Waals surface area contributed by atoms with Gasteiger partial charge in [0, 0.05) is 24.6 Å². The molecule has 0 spiro atoms. The molecule has 2 heterocycles. The van der Waals surface area contributed by atoms with Gasteiger partial charge in [-0.25, -0.2) is 4.98 Å². The first-order valence-electron chi connectivity index (χ1n) is 5.30. The highest BCUT2D eigenvalue weighted by Crippen LogP contribution is 2.18. The first-order valence-corrected chi connectivity index (χ1v) is 5.30. The summed E-state index contributed by atoms with van der Waals surface area (Å²) < 4.78 is 1.76. The van der Waals surface area contributed by atoms with Gasteiger partial charge < -0.3 is 5.32 Å². The molecule has 0 aromatic carbocycles. The Morgan fingerprint density at radius 1 is 1.47 bits per heavy atom. The maximum Gasteiger partial charge on any atom is 0.253 e. The minimum absolute atomic E-state index is 0.0633. The van der Waals surface area contributed by atoms with Gasteiger partial charge in [0.05, 0.1) is 12.2 Å². The summed E-state index contributed by atoms with van der Waals surface area (Å²) in [5.41, 5.74) is 0.889. The Labute approximate surface area is 89.3 Å². The van der Waals surface area contributed by atoms with Crippen molar-refractivity contribution in [3.05, 3.63) is 27.9 Å². The van der Waals surface area contributed by atoms with Crippen LogP contribution in [-0.2, 0) is 18.5 Å². The van der Waals surface area contributed by atoms with Crippen molar-refractivity contribution in [2.45, 2.75) is 39.3 Å². The predicted octanol–water partition coefficient (Wildman–Crippen LogP) is 0.644. The van der Waals surface area contributed by atoms with Gasteiger partial charge in [-0.3, -0.25) is 9.36 Å². The smallest absolute Gasteiger partial charge is 0.253 e. The summed E-state index contributed by atoms with van der Waals surface area (Å²) in [6.07, 6.45) is 0. The van der Waals surface area contributed by atoms with Crippen LogP contribution in [0.4, 0.5) is 0 Å². The Morgan fingerprint density at radius 2 is 2.20 bits per heavy atom. The van der Waals surface area contributed by atoms with Crippen LogP contribution in [0.25, 0.3) is 0 Å². The number of fused-ring (bicyclic) bond motifs is 1. The molecule has 0 bridgehead atoms. The fraction of sp³-hybridized carbons (Fsp3) is 0.636. The lowest BCUT2D eigenvalue weighted by atomic mass is 9.92. The van der Waals surface area contributed by atoms with Crippen molar-refractivity contribution in [2.24, 2.45) is 0 Å². The van der Waals surface area contributed by atoms with E-state index in [0.717, 1.165) is 24.6 Å². The maximum absolute atomic E-state index is 11.8. The van der Waals surface area contributed by atoms with E-state index in [-0.39, 0.29) is 11.0 Å². The molecule has 1 aromatic heterocycles. The lowest BCUT2D eigenvalue weighted by molar-refractivity contribution is 0.464. The molecular formula is C11H17N3O. The average Bonchev–Trinajstić information content (AvgIpc) is 2.16. The van der Waals surface area contributed by atoms with Gasteiger partial charge in [0.1, 0.15) is 5.82 Å². The third-order valence-electron chi connectivity index (χ3n) is 2.65. The van der Waals surface area contributed by atoms with Crippen LogP contribution in [0.3, 0.4) is 0 Å². The normalized spacial score (nSPS) is 16.2. The number of nitrogens with one attached hydrogen (secondary N) is 1.